The Morgan fingerprint density at radius 2 is 1.37 bits per heavy atom. The third-order valence-electron chi connectivity index (χ3n) is 6.49. The van der Waals surface area contributed by atoms with Crippen molar-refractivity contribution in [1.29, 1.82) is 0 Å². The topological polar surface area (TPSA) is 267 Å². The molecular weight excluding hydrogens is 564 g/mol. The number of carboxylic acid groups (broad SMARTS) is 2. The fraction of sp³-hybridized carbons (Fsp3) is 0.286. The number of hydrogen-bond donors (Lipinski definition) is 9. The highest BCUT2D eigenvalue weighted by molar-refractivity contribution is 5.97. The van der Waals surface area contributed by atoms with Crippen molar-refractivity contribution in [2.75, 3.05) is 0 Å². The number of aromatic hydroxyl groups is 1. The van der Waals surface area contributed by atoms with Crippen LogP contribution in [0, 0.1) is 0 Å². The van der Waals surface area contributed by atoms with Crippen molar-refractivity contribution in [1.82, 2.24) is 20.9 Å². The second-order valence-electron chi connectivity index (χ2n) is 9.83. The number of aliphatic carboxylic acids is 2. The van der Waals surface area contributed by atoms with Crippen LogP contribution in [0.5, 0.6) is 5.75 Å². The molecular formula is C28H32N6O9. The molecule has 1 aromatic heterocycles. The van der Waals surface area contributed by atoms with Crippen molar-refractivity contribution in [3.63, 3.8) is 0 Å². The first-order valence-corrected chi connectivity index (χ1v) is 13.1. The summed E-state index contributed by atoms with van der Waals surface area (Å²) in [4.78, 5) is 76.7. The fourth-order valence-electron chi connectivity index (χ4n) is 4.32. The zero-order chi connectivity index (χ0) is 31.7. The van der Waals surface area contributed by atoms with Gasteiger partial charge in [0.05, 0.1) is 18.9 Å². The van der Waals surface area contributed by atoms with Gasteiger partial charge >= 0.3 is 11.9 Å². The number of carbonyl (C=O) groups excluding carboxylic acids is 4. The lowest BCUT2D eigenvalue weighted by Crippen LogP contribution is -2.58. The largest absolute Gasteiger partial charge is 0.508 e. The van der Waals surface area contributed by atoms with Crippen LogP contribution >= 0.6 is 0 Å². The maximum atomic E-state index is 13.3. The van der Waals surface area contributed by atoms with Crippen molar-refractivity contribution in [2.24, 2.45) is 11.5 Å². The summed E-state index contributed by atoms with van der Waals surface area (Å²) in [5, 5.41) is 35.6. The Morgan fingerprint density at radius 3 is 2.00 bits per heavy atom. The molecule has 0 radical (unpaired) electrons. The molecule has 43 heavy (non-hydrogen) atoms. The average molecular weight is 597 g/mol. The molecule has 4 amide bonds. The molecule has 0 fully saturated rings. The smallest absolute Gasteiger partial charge is 0.326 e. The van der Waals surface area contributed by atoms with E-state index in [0.29, 0.717) is 5.56 Å². The number of aromatic amines is 1. The van der Waals surface area contributed by atoms with Crippen molar-refractivity contribution in [2.45, 2.75) is 49.9 Å². The first kappa shape index (κ1) is 32.1. The van der Waals surface area contributed by atoms with Crippen LogP contribution in [0.4, 0.5) is 0 Å². The Kier molecular flexibility index (Phi) is 10.8. The third kappa shape index (κ3) is 9.29. The number of para-hydroxylation sites is 1. The summed E-state index contributed by atoms with van der Waals surface area (Å²) in [6, 6.07) is 6.91. The van der Waals surface area contributed by atoms with Gasteiger partial charge in [-0.25, -0.2) is 4.79 Å². The number of carbonyl (C=O) groups is 6. The summed E-state index contributed by atoms with van der Waals surface area (Å²) >= 11 is 0. The van der Waals surface area contributed by atoms with Gasteiger partial charge in [-0.3, -0.25) is 24.0 Å². The van der Waals surface area contributed by atoms with Crippen LogP contribution in [0.25, 0.3) is 10.9 Å². The Bertz CT molecular complexity index is 1500. The number of aromatic nitrogens is 1. The Morgan fingerprint density at radius 1 is 0.767 bits per heavy atom. The Labute approximate surface area is 244 Å². The van der Waals surface area contributed by atoms with E-state index in [1.54, 1.807) is 6.20 Å². The van der Waals surface area contributed by atoms with E-state index < -0.39 is 72.6 Å². The predicted molar refractivity (Wildman–Crippen MR) is 151 cm³/mol. The van der Waals surface area contributed by atoms with Crippen LogP contribution in [-0.4, -0.2) is 80.0 Å². The molecule has 3 aromatic rings. The van der Waals surface area contributed by atoms with Crippen LogP contribution in [0.1, 0.15) is 24.0 Å². The van der Waals surface area contributed by atoms with Crippen molar-refractivity contribution >= 4 is 46.5 Å². The van der Waals surface area contributed by atoms with Gasteiger partial charge in [0.2, 0.25) is 23.6 Å². The number of carboxylic acids is 2. The number of primary amides is 1. The quantitative estimate of drug-likeness (QED) is 0.102. The third-order valence-corrected chi connectivity index (χ3v) is 6.49. The predicted octanol–water partition coefficient (Wildman–Crippen LogP) is -1.12. The number of benzene rings is 2. The SMILES string of the molecule is NC(=O)CC(NC(=O)C(N)Cc1c[nH]c2ccccc12)C(=O)NC(Cc1ccc(O)cc1)C(=O)NC(CC(=O)O)C(=O)O. The molecule has 11 N–H and O–H groups in total. The van der Waals surface area contributed by atoms with E-state index in [1.165, 1.54) is 24.3 Å². The molecule has 15 nitrogen and oxygen atoms in total. The summed E-state index contributed by atoms with van der Waals surface area (Å²) < 4.78 is 0. The molecule has 4 atom stereocenters. The number of amides is 4. The average Bonchev–Trinajstić information content (AvgIpc) is 3.35. The van der Waals surface area contributed by atoms with Gasteiger partial charge in [0.15, 0.2) is 0 Å². The van der Waals surface area contributed by atoms with Gasteiger partial charge in [0, 0.05) is 23.5 Å². The zero-order valence-electron chi connectivity index (χ0n) is 22.8. The molecule has 0 saturated carbocycles. The van der Waals surface area contributed by atoms with Gasteiger partial charge in [0.25, 0.3) is 0 Å². The maximum absolute atomic E-state index is 13.3. The molecule has 15 heteroatoms. The maximum Gasteiger partial charge on any atom is 0.326 e. The normalized spacial score (nSPS) is 13.7. The summed E-state index contributed by atoms with van der Waals surface area (Å²) in [5.41, 5.74) is 13.4. The first-order valence-electron chi connectivity index (χ1n) is 13.1. The standard InChI is InChI=1S/C28H32N6O9/c29-18(10-15-13-31-19-4-2-1-3-17(15)19)25(39)32-21(11-23(30)36)27(41)33-20(9-14-5-7-16(35)8-6-14)26(40)34-22(28(42)43)12-24(37)38/h1-8,13,18,20-22,31,35H,9-12,29H2,(H2,30,36)(H,32,39)(H,33,41)(H,34,40)(H,37,38)(H,42,43). The number of fused-ring (bicyclic) bond motifs is 1. The van der Waals surface area contributed by atoms with Crippen LogP contribution < -0.4 is 27.4 Å². The van der Waals surface area contributed by atoms with Crippen molar-refractivity contribution in [3.05, 3.63) is 65.9 Å². The highest BCUT2D eigenvalue weighted by atomic mass is 16.4. The van der Waals surface area contributed by atoms with Gasteiger partial charge in [0.1, 0.15) is 23.9 Å². The van der Waals surface area contributed by atoms with E-state index in [9.17, 15) is 39.0 Å². The molecule has 0 bridgehead atoms. The van der Waals surface area contributed by atoms with Gasteiger partial charge in [-0.05, 0) is 35.7 Å². The number of nitrogens with two attached hydrogens (primary N) is 2. The summed E-state index contributed by atoms with van der Waals surface area (Å²) in [5.74, 6) is -6.95. The molecule has 228 valence electrons. The molecule has 0 spiro atoms. The second-order valence-corrected chi connectivity index (χ2v) is 9.83. The minimum Gasteiger partial charge on any atom is -0.508 e. The number of phenols is 1. The Hall–Kier alpha value is -5.44. The molecule has 0 aliphatic heterocycles. The Balaban J connectivity index is 1.78. The van der Waals surface area contributed by atoms with Crippen LogP contribution in [0.3, 0.4) is 0 Å². The number of nitrogens with one attached hydrogen (secondary N) is 4. The van der Waals surface area contributed by atoms with Gasteiger partial charge < -0.3 is 47.7 Å². The van der Waals surface area contributed by atoms with Crippen LogP contribution in [0.15, 0.2) is 54.7 Å². The lowest BCUT2D eigenvalue weighted by atomic mass is 10.0. The fourth-order valence-corrected chi connectivity index (χ4v) is 4.32. The summed E-state index contributed by atoms with van der Waals surface area (Å²) in [7, 11) is 0. The number of H-pyrrole nitrogens is 1. The van der Waals surface area contributed by atoms with E-state index in [0.717, 1.165) is 16.5 Å². The van der Waals surface area contributed by atoms with Crippen molar-refractivity contribution < 1.29 is 44.1 Å². The minimum absolute atomic E-state index is 0.0746. The monoisotopic (exact) mass is 596 g/mol. The molecule has 4 unspecified atom stereocenters. The highest BCUT2D eigenvalue weighted by Gasteiger charge is 2.32. The molecule has 0 aliphatic carbocycles. The van der Waals surface area contributed by atoms with Crippen LogP contribution in [-0.2, 0) is 41.6 Å². The molecule has 0 aliphatic rings. The van der Waals surface area contributed by atoms with Gasteiger partial charge in [-0.2, -0.15) is 0 Å². The first-order chi connectivity index (χ1) is 20.3. The number of phenolic OH excluding ortho intramolecular Hbond substituents is 1. The van der Waals surface area contributed by atoms with E-state index in [2.05, 4.69) is 20.9 Å². The molecule has 1 heterocycles. The highest BCUT2D eigenvalue weighted by Crippen LogP contribution is 2.19. The van der Waals surface area contributed by atoms with Crippen molar-refractivity contribution in [3.8, 4) is 5.75 Å². The molecule has 0 saturated heterocycles. The second kappa shape index (κ2) is 14.5. The minimum atomic E-state index is -1.81. The van der Waals surface area contributed by atoms with E-state index in [1.807, 2.05) is 24.3 Å². The summed E-state index contributed by atoms with van der Waals surface area (Å²) in [6.45, 7) is 0. The van der Waals surface area contributed by atoms with Gasteiger partial charge in [-0.1, -0.05) is 30.3 Å². The summed E-state index contributed by atoms with van der Waals surface area (Å²) in [6.07, 6.45) is -0.0224. The molecule has 2 aromatic carbocycles. The van der Waals surface area contributed by atoms with Crippen LogP contribution in [0.2, 0.25) is 0 Å². The van der Waals surface area contributed by atoms with E-state index in [4.69, 9.17) is 16.6 Å². The zero-order valence-corrected chi connectivity index (χ0v) is 22.8. The number of hydrogen-bond acceptors (Lipinski definition) is 8. The lowest BCUT2D eigenvalue weighted by molar-refractivity contribution is -0.147. The van der Waals surface area contributed by atoms with E-state index in [-0.39, 0.29) is 18.6 Å². The molecule has 3 rings (SSSR count). The lowest BCUT2D eigenvalue weighted by Gasteiger charge is -2.24. The van der Waals surface area contributed by atoms with Gasteiger partial charge in [-0.15, -0.1) is 0 Å². The van der Waals surface area contributed by atoms with E-state index >= 15 is 0 Å². The number of rotatable bonds is 15.